The number of nitrogens with one attached hydrogen (secondary N) is 1. The van der Waals surface area contributed by atoms with Crippen LogP contribution in [-0.2, 0) is 6.61 Å². The van der Waals surface area contributed by atoms with Crippen molar-refractivity contribution >= 4 is 11.8 Å². The molecule has 0 aliphatic rings. The van der Waals surface area contributed by atoms with Crippen LogP contribution in [0.5, 0.6) is 0 Å². The fourth-order valence-corrected chi connectivity index (χ4v) is 2.02. The molecule has 0 bridgehead atoms. The highest BCUT2D eigenvalue weighted by Gasteiger charge is 2.04. The highest BCUT2D eigenvalue weighted by atomic mass is 32.2. The number of hydrogen-bond acceptors (Lipinski definition) is 4. The number of hydrogen-bond donors (Lipinski definition) is 2. The second kappa shape index (κ2) is 5.14. The van der Waals surface area contributed by atoms with Crippen molar-refractivity contribution in [3.63, 3.8) is 0 Å². The van der Waals surface area contributed by atoms with Gasteiger partial charge in [-0.15, -0.1) is 11.8 Å². The lowest BCUT2D eigenvalue weighted by Crippen LogP contribution is -1.84. The van der Waals surface area contributed by atoms with E-state index in [2.05, 4.69) is 34.2 Å². The van der Waals surface area contributed by atoms with E-state index in [0.717, 1.165) is 11.3 Å². The molecule has 0 unspecified atom stereocenters. The lowest BCUT2D eigenvalue weighted by molar-refractivity contribution is 0.272. The van der Waals surface area contributed by atoms with E-state index in [0.29, 0.717) is 11.6 Å². The predicted octanol–water partition coefficient (Wildman–Crippen LogP) is 2.08. The summed E-state index contributed by atoms with van der Waals surface area (Å²) in [5.41, 5.74) is 0.955. The molecule has 0 atom stereocenters. The summed E-state index contributed by atoms with van der Waals surface area (Å²) in [6.45, 7) is 2.01. The molecule has 0 fully saturated rings. The van der Waals surface area contributed by atoms with E-state index < -0.39 is 0 Å². The summed E-state index contributed by atoms with van der Waals surface area (Å²) in [6.07, 6.45) is 0. The van der Waals surface area contributed by atoms with Crippen LogP contribution in [-0.4, -0.2) is 26.0 Å². The quantitative estimate of drug-likeness (QED) is 0.796. The summed E-state index contributed by atoms with van der Waals surface area (Å²) in [5.74, 6) is 2.17. The first-order valence-electron chi connectivity index (χ1n) is 5.09. The Morgan fingerprint density at radius 2 is 2.06 bits per heavy atom. The lowest BCUT2D eigenvalue weighted by atomic mass is 10.2. The first-order valence-corrected chi connectivity index (χ1v) is 6.07. The van der Waals surface area contributed by atoms with E-state index in [-0.39, 0.29) is 6.61 Å². The molecule has 84 valence electrons. The molecular formula is C11H13N3OS. The van der Waals surface area contributed by atoms with Gasteiger partial charge in [-0.05, 0) is 17.9 Å². The third-order valence-electron chi connectivity index (χ3n) is 2.11. The molecule has 2 rings (SSSR count). The fraction of sp³-hybridized carbons (Fsp3) is 0.273. The van der Waals surface area contributed by atoms with Crippen molar-refractivity contribution in [3.05, 3.63) is 30.1 Å². The van der Waals surface area contributed by atoms with Gasteiger partial charge in [0.1, 0.15) is 6.61 Å². The van der Waals surface area contributed by atoms with Crippen LogP contribution in [0.3, 0.4) is 0 Å². The fourth-order valence-electron chi connectivity index (χ4n) is 1.36. The standard InChI is InChI=1S/C11H13N3OS/c1-2-16-9-5-3-8(4-6-9)11-12-10(7-15)13-14-11/h3-6,15H,2,7H2,1H3,(H,12,13,14). The van der Waals surface area contributed by atoms with Crippen molar-refractivity contribution in [1.82, 2.24) is 15.2 Å². The second-order valence-corrected chi connectivity index (χ2v) is 4.56. The Morgan fingerprint density at radius 3 is 2.62 bits per heavy atom. The third-order valence-corrected chi connectivity index (χ3v) is 3.00. The van der Waals surface area contributed by atoms with Gasteiger partial charge in [-0.1, -0.05) is 19.1 Å². The van der Waals surface area contributed by atoms with Gasteiger partial charge < -0.3 is 5.11 Å². The number of nitrogens with zero attached hydrogens (tertiary/aromatic N) is 2. The van der Waals surface area contributed by atoms with E-state index in [9.17, 15) is 0 Å². The largest absolute Gasteiger partial charge is 0.388 e. The molecule has 5 heteroatoms. The number of benzene rings is 1. The summed E-state index contributed by atoms with van der Waals surface area (Å²) in [5, 5.41) is 15.6. The molecule has 0 saturated heterocycles. The number of H-pyrrole nitrogens is 1. The molecule has 0 aliphatic heterocycles. The number of aliphatic hydroxyl groups is 1. The van der Waals surface area contributed by atoms with Crippen molar-refractivity contribution in [2.75, 3.05) is 5.75 Å². The molecule has 1 aromatic heterocycles. The van der Waals surface area contributed by atoms with Crippen molar-refractivity contribution in [1.29, 1.82) is 0 Å². The van der Waals surface area contributed by atoms with Crippen molar-refractivity contribution < 1.29 is 5.11 Å². The topological polar surface area (TPSA) is 61.8 Å². The van der Waals surface area contributed by atoms with Gasteiger partial charge in [0.25, 0.3) is 0 Å². The van der Waals surface area contributed by atoms with E-state index in [1.54, 1.807) is 11.8 Å². The van der Waals surface area contributed by atoms with E-state index >= 15 is 0 Å². The maximum atomic E-state index is 8.87. The summed E-state index contributed by atoms with van der Waals surface area (Å²) in [4.78, 5) is 5.39. The highest BCUT2D eigenvalue weighted by molar-refractivity contribution is 7.99. The predicted molar refractivity (Wildman–Crippen MR) is 64.1 cm³/mol. The van der Waals surface area contributed by atoms with Crippen LogP contribution in [0.15, 0.2) is 29.2 Å². The number of aromatic nitrogens is 3. The van der Waals surface area contributed by atoms with Crippen LogP contribution >= 0.6 is 11.8 Å². The summed E-state index contributed by atoms with van der Waals surface area (Å²) >= 11 is 1.80. The minimum absolute atomic E-state index is 0.114. The average molecular weight is 235 g/mol. The molecule has 4 nitrogen and oxygen atoms in total. The normalized spacial score (nSPS) is 10.6. The maximum Gasteiger partial charge on any atom is 0.181 e. The van der Waals surface area contributed by atoms with Crippen LogP contribution < -0.4 is 0 Å². The van der Waals surface area contributed by atoms with Crippen LogP contribution in [0.4, 0.5) is 0 Å². The zero-order chi connectivity index (χ0) is 11.4. The monoisotopic (exact) mass is 235 g/mol. The average Bonchev–Trinajstić information content (AvgIpc) is 2.79. The molecule has 0 amide bonds. The van der Waals surface area contributed by atoms with Gasteiger partial charge >= 0.3 is 0 Å². The van der Waals surface area contributed by atoms with Gasteiger partial charge in [0.2, 0.25) is 0 Å². The molecule has 0 saturated carbocycles. The molecule has 0 radical (unpaired) electrons. The summed E-state index contributed by atoms with van der Waals surface area (Å²) in [7, 11) is 0. The van der Waals surface area contributed by atoms with Crippen molar-refractivity contribution in [2.24, 2.45) is 0 Å². The van der Waals surface area contributed by atoms with Crippen LogP contribution in [0.25, 0.3) is 11.4 Å². The first-order chi connectivity index (χ1) is 7.83. The second-order valence-electron chi connectivity index (χ2n) is 3.22. The number of rotatable bonds is 4. The van der Waals surface area contributed by atoms with E-state index in [4.69, 9.17) is 5.11 Å². The minimum atomic E-state index is -0.114. The molecule has 2 N–H and O–H groups in total. The van der Waals surface area contributed by atoms with Crippen molar-refractivity contribution in [2.45, 2.75) is 18.4 Å². The molecule has 2 aromatic rings. The highest BCUT2D eigenvalue weighted by Crippen LogP contribution is 2.21. The lowest BCUT2D eigenvalue weighted by Gasteiger charge is -1.99. The van der Waals surface area contributed by atoms with Gasteiger partial charge in [0, 0.05) is 10.5 Å². The Balaban J connectivity index is 2.20. The number of aliphatic hydroxyl groups excluding tert-OH is 1. The van der Waals surface area contributed by atoms with Crippen molar-refractivity contribution in [3.8, 4) is 11.4 Å². The molecular weight excluding hydrogens is 222 g/mol. The van der Waals surface area contributed by atoms with E-state index in [1.807, 2.05) is 12.1 Å². The Kier molecular flexibility index (Phi) is 3.58. The zero-order valence-corrected chi connectivity index (χ0v) is 9.79. The minimum Gasteiger partial charge on any atom is -0.388 e. The SMILES string of the molecule is CCSc1ccc(-c2n[nH]c(CO)n2)cc1. The Hall–Kier alpha value is -1.33. The molecule has 1 heterocycles. The van der Waals surface area contributed by atoms with Gasteiger partial charge in [0.05, 0.1) is 0 Å². The molecule has 0 aliphatic carbocycles. The summed E-state index contributed by atoms with van der Waals surface area (Å²) in [6, 6.07) is 8.08. The Labute approximate surface area is 98.1 Å². The Morgan fingerprint density at radius 1 is 1.31 bits per heavy atom. The van der Waals surface area contributed by atoms with Gasteiger partial charge in [-0.2, -0.15) is 5.10 Å². The zero-order valence-electron chi connectivity index (χ0n) is 8.97. The first kappa shape index (κ1) is 11.2. The maximum absolute atomic E-state index is 8.87. The molecule has 1 aromatic carbocycles. The molecule has 16 heavy (non-hydrogen) atoms. The van der Waals surface area contributed by atoms with Gasteiger partial charge in [-0.3, -0.25) is 5.10 Å². The van der Waals surface area contributed by atoms with Gasteiger partial charge in [0.15, 0.2) is 11.6 Å². The van der Waals surface area contributed by atoms with Gasteiger partial charge in [-0.25, -0.2) is 4.98 Å². The Bertz CT molecular complexity index is 453. The third kappa shape index (κ3) is 2.43. The van der Waals surface area contributed by atoms with Crippen LogP contribution in [0, 0.1) is 0 Å². The smallest absolute Gasteiger partial charge is 0.181 e. The van der Waals surface area contributed by atoms with Crippen LogP contribution in [0.2, 0.25) is 0 Å². The van der Waals surface area contributed by atoms with Crippen LogP contribution in [0.1, 0.15) is 12.7 Å². The molecule has 0 spiro atoms. The summed E-state index contributed by atoms with van der Waals surface area (Å²) < 4.78 is 0. The number of thioether (sulfide) groups is 1. The van der Waals surface area contributed by atoms with E-state index in [1.165, 1.54) is 4.90 Å². The number of aromatic amines is 1.